The number of rotatable bonds is 9. The van der Waals surface area contributed by atoms with Gasteiger partial charge in [0, 0.05) is 27.7 Å². The van der Waals surface area contributed by atoms with E-state index >= 15 is 0 Å². The number of alkyl halides is 3. The van der Waals surface area contributed by atoms with Gasteiger partial charge in [0.1, 0.15) is 16.9 Å². The fourth-order valence-electron chi connectivity index (χ4n) is 11.0. The first kappa shape index (κ1) is 41.3. The Morgan fingerprint density at radius 1 is 0.574 bits per heavy atom. The molecule has 0 bridgehead atoms. The number of anilines is 2. The van der Waals surface area contributed by atoms with Crippen molar-refractivity contribution in [2.24, 2.45) is 0 Å². The topological polar surface area (TPSA) is 25.6 Å². The summed E-state index contributed by atoms with van der Waals surface area (Å²) in [6.07, 6.45) is 9.47. The van der Waals surface area contributed by atoms with Crippen LogP contribution in [-0.2, 0) is 5.41 Å². The average molecular weight is 892 g/mol. The summed E-state index contributed by atoms with van der Waals surface area (Å²) in [5.74, 6) is -0.248. The quantitative estimate of drug-likeness (QED) is 0.144. The standard InChI is InChI=1S/C62H44F3NO2/c63-62(64,65)68-51-37-28-44(29-38-51)43-26-34-49(35-27-43)66(48-32-24-42(25-33-48)41-12-3-1-4-13-41)50-36-39-54-53-16-7-9-20-57(53)61(58(54)40-50,46-14-5-2-6-15-46)47-30-22-45(23-31-47)52-18-11-19-56-55-17-8-10-21-59(55)67-60(52)56/h1-5,7-14,16-39,50H,6,15,40H2. The second kappa shape index (κ2) is 16.7. The Bertz CT molecular complexity index is 3470. The van der Waals surface area contributed by atoms with Crippen molar-refractivity contribution < 1.29 is 22.3 Å². The smallest absolute Gasteiger partial charge is 0.455 e. The molecular formula is C62H44F3NO2. The first-order chi connectivity index (χ1) is 33.3. The van der Waals surface area contributed by atoms with E-state index in [1.807, 2.05) is 30.3 Å². The molecule has 3 nitrogen and oxygen atoms in total. The summed E-state index contributed by atoms with van der Waals surface area (Å²) >= 11 is 0. The minimum atomic E-state index is -4.75. The van der Waals surface area contributed by atoms with E-state index in [0.29, 0.717) is 0 Å². The van der Waals surface area contributed by atoms with Crippen LogP contribution in [0.3, 0.4) is 0 Å². The average Bonchev–Trinajstić information content (AvgIpc) is 3.91. The van der Waals surface area contributed by atoms with Crippen molar-refractivity contribution in [1.29, 1.82) is 0 Å². The van der Waals surface area contributed by atoms with Gasteiger partial charge in [-0.15, -0.1) is 13.2 Å². The number of benzene rings is 8. The lowest BCUT2D eigenvalue weighted by molar-refractivity contribution is -0.274. The van der Waals surface area contributed by atoms with E-state index < -0.39 is 11.8 Å². The third-order valence-corrected chi connectivity index (χ3v) is 14.0. The first-order valence-electron chi connectivity index (χ1n) is 23.1. The van der Waals surface area contributed by atoms with Crippen molar-refractivity contribution >= 4 is 38.9 Å². The van der Waals surface area contributed by atoms with Crippen LogP contribution in [0, 0.1) is 0 Å². The molecule has 3 aliphatic carbocycles. The second-order valence-electron chi connectivity index (χ2n) is 17.7. The van der Waals surface area contributed by atoms with Crippen molar-refractivity contribution in [3.63, 3.8) is 0 Å². The molecule has 8 aromatic carbocycles. The molecule has 6 heteroatoms. The predicted octanol–water partition coefficient (Wildman–Crippen LogP) is 17.0. The number of para-hydroxylation sites is 2. The number of hydrogen-bond acceptors (Lipinski definition) is 3. The third-order valence-electron chi connectivity index (χ3n) is 14.0. The molecule has 1 aromatic heterocycles. The maximum Gasteiger partial charge on any atom is 0.573 e. The second-order valence-corrected chi connectivity index (χ2v) is 17.7. The van der Waals surface area contributed by atoms with Gasteiger partial charge in [0.25, 0.3) is 0 Å². The van der Waals surface area contributed by atoms with Crippen molar-refractivity contribution in [3.05, 3.63) is 252 Å². The molecule has 2 atom stereocenters. The molecule has 3 aliphatic rings. The molecule has 330 valence electrons. The van der Waals surface area contributed by atoms with Gasteiger partial charge in [0.05, 0.1) is 11.5 Å². The van der Waals surface area contributed by atoms with Crippen LogP contribution in [0.2, 0.25) is 0 Å². The van der Waals surface area contributed by atoms with Crippen molar-refractivity contribution in [3.8, 4) is 39.1 Å². The van der Waals surface area contributed by atoms with Crippen molar-refractivity contribution in [1.82, 2.24) is 0 Å². The van der Waals surface area contributed by atoms with Gasteiger partial charge < -0.3 is 14.1 Å². The number of fused-ring (bicyclic) bond motifs is 5. The molecule has 0 amide bonds. The maximum atomic E-state index is 13.0. The van der Waals surface area contributed by atoms with Crippen LogP contribution in [0.5, 0.6) is 5.75 Å². The Morgan fingerprint density at radius 3 is 1.87 bits per heavy atom. The number of ether oxygens (including phenoxy) is 1. The Labute approximate surface area is 393 Å². The molecule has 68 heavy (non-hydrogen) atoms. The minimum absolute atomic E-state index is 0.0700. The van der Waals surface area contributed by atoms with E-state index in [1.165, 1.54) is 45.5 Å². The largest absolute Gasteiger partial charge is 0.573 e. The van der Waals surface area contributed by atoms with E-state index in [4.69, 9.17) is 4.42 Å². The van der Waals surface area contributed by atoms with Crippen molar-refractivity contribution in [2.45, 2.75) is 37.1 Å². The van der Waals surface area contributed by atoms with Crippen LogP contribution in [0.15, 0.2) is 240 Å². The fourth-order valence-corrected chi connectivity index (χ4v) is 11.0. The van der Waals surface area contributed by atoms with Crippen LogP contribution < -0.4 is 9.64 Å². The summed E-state index contributed by atoms with van der Waals surface area (Å²) in [6.45, 7) is 0. The summed E-state index contributed by atoms with van der Waals surface area (Å²) in [5, 5.41) is 2.23. The van der Waals surface area contributed by atoms with Crippen LogP contribution >= 0.6 is 0 Å². The SMILES string of the molecule is FC(F)(F)Oc1ccc(-c2ccc(N(c3ccc(-c4ccccc4)cc3)C3C=CC4=C(C3)C(C3=CC=CCC3)(c3ccc(-c5cccc6c5oc5ccccc56)cc3)c3ccccc34)cc2)cc1. The van der Waals surface area contributed by atoms with Crippen LogP contribution in [0.4, 0.5) is 24.5 Å². The molecule has 0 saturated carbocycles. The molecule has 0 spiro atoms. The highest BCUT2D eigenvalue weighted by Gasteiger charge is 2.50. The summed E-state index contributed by atoms with van der Waals surface area (Å²) in [7, 11) is 0. The summed E-state index contributed by atoms with van der Waals surface area (Å²) < 4.78 is 49.5. The molecule has 0 aliphatic heterocycles. The molecule has 9 aromatic rings. The summed E-state index contributed by atoms with van der Waals surface area (Å²) in [5.41, 5.74) is 17.3. The zero-order valence-corrected chi connectivity index (χ0v) is 37.0. The number of furan rings is 1. The zero-order valence-electron chi connectivity index (χ0n) is 37.0. The highest BCUT2D eigenvalue weighted by molar-refractivity contribution is 6.09. The van der Waals surface area contributed by atoms with Gasteiger partial charge in [-0.05, 0) is 117 Å². The lowest BCUT2D eigenvalue weighted by atomic mass is 9.63. The van der Waals surface area contributed by atoms with E-state index in [-0.39, 0.29) is 11.8 Å². The highest BCUT2D eigenvalue weighted by atomic mass is 19.4. The van der Waals surface area contributed by atoms with Gasteiger partial charge >= 0.3 is 6.36 Å². The third kappa shape index (κ3) is 7.15. The van der Waals surface area contributed by atoms with Gasteiger partial charge in [0.15, 0.2) is 0 Å². The van der Waals surface area contributed by atoms with Gasteiger partial charge in [-0.2, -0.15) is 0 Å². The summed E-state index contributed by atoms with van der Waals surface area (Å²) in [6, 6.07) is 66.3. The lowest BCUT2D eigenvalue weighted by Gasteiger charge is -2.42. The Hall–Kier alpha value is -8.09. The highest BCUT2D eigenvalue weighted by Crippen LogP contribution is 2.59. The molecule has 0 N–H and O–H groups in total. The molecule has 0 saturated heterocycles. The summed E-state index contributed by atoms with van der Waals surface area (Å²) in [4.78, 5) is 2.43. The lowest BCUT2D eigenvalue weighted by Crippen LogP contribution is -2.37. The Morgan fingerprint density at radius 2 is 1.18 bits per heavy atom. The van der Waals surface area contributed by atoms with E-state index in [2.05, 4.69) is 180 Å². The molecule has 2 unspecified atom stereocenters. The van der Waals surface area contributed by atoms with Crippen molar-refractivity contribution in [2.75, 3.05) is 4.90 Å². The van der Waals surface area contributed by atoms with Gasteiger partial charge in [-0.1, -0.05) is 188 Å². The number of hydrogen-bond donors (Lipinski definition) is 0. The van der Waals surface area contributed by atoms with E-state index in [9.17, 15) is 13.2 Å². The van der Waals surface area contributed by atoms with E-state index in [0.717, 1.165) is 86.0 Å². The van der Waals surface area contributed by atoms with Gasteiger partial charge in [-0.25, -0.2) is 0 Å². The zero-order chi connectivity index (χ0) is 45.8. The maximum absolute atomic E-state index is 13.0. The van der Waals surface area contributed by atoms with Gasteiger partial charge in [-0.3, -0.25) is 0 Å². The monoisotopic (exact) mass is 891 g/mol. The number of halogens is 3. The fraction of sp³-hybridized carbons (Fsp3) is 0.0968. The van der Waals surface area contributed by atoms with E-state index in [1.54, 1.807) is 12.1 Å². The molecule has 1 heterocycles. The van der Waals surface area contributed by atoms with Crippen LogP contribution in [0.1, 0.15) is 36.0 Å². The molecular weight excluding hydrogens is 848 g/mol. The Balaban J connectivity index is 0.961. The van der Waals surface area contributed by atoms with Gasteiger partial charge in [0.2, 0.25) is 0 Å². The number of allylic oxidation sites excluding steroid dienone is 6. The predicted molar refractivity (Wildman–Crippen MR) is 270 cm³/mol. The Kier molecular flexibility index (Phi) is 10.1. The van der Waals surface area contributed by atoms with Crippen LogP contribution in [0.25, 0.3) is 60.9 Å². The molecule has 0 fully saturated rings. The minimum Gasteiger partial charge on any atom is -0.455 e. The molecule has 0 radical (unpaired) electrons. The molecule has 12 rings (SSSR count). The van der Waals surface area contributed by atoms with Crippen LogP contribution in [-0.4, -0.2) is 12.4 Å². The first-order valence-corrected chi connectivity index (χ1v) is 23.1. The number of nitrogens with zero attached hydrogens (tertiary/aromatic N) is 1. The normalized spacial score (nSPS) is 17.6.